The summed E-state index contributed by atoms with van der Waals surface area (Å²) in [6, 6.07) is 11.7. The van der Waals surface area contributed by atoms with Crippen LogP contribution in [0.3, 0.4) is 0 Å². The second-order valence-corrected chi connectivity index (χ2v) is 10.2. The molecule has 0 bridgehead atoms. The van der Waals surface area contributed by atoms with Crippen molar-refractivity contribution >= 4 is 31.4 Å². The van der Waals surface area contributed by atoms with Gasteiger partial charge in [-0.2, -0.15) is 0 Å². The normalized spacial score (nSPS) is 17.1. The third kappa shape index (κ3) is 3.86. The molecule has 0 amide bonds. The molecule has 6 nitrogen and oxygen atoms in total. The van der Waals surface area contributed by atoms with Crippen LogP contribution in [0.1, 0.15) is 24.0 Å². The zero-order valence-electron chi connectivity index (χ0n) is 14.8. The van der Waals surface area contributed by atoms with Crippen LogP contribution in [-0.4, -0.2) is 29.1 Å². The highest BCUT2D eigenvalue weighted by molar-refractivity contribution is 7.93. The summed E-state index contributed by atoms with van der Waals surface area (Å²) in [6.07, 6.45) is 1.49. The topological polar surface area (TPSA) is 83.6 Å². The molecular formula is C18H22N2O4S2. The highest BCUT2D eigenvalue weighted by atomic mass is 32.2. The monoisotopic (exact) mass is 394 g/mol. The summed E-state index contributed by atoms with van der Waals surface area (Å²) in [4.78, 5) is 0.236. The first-order valence-corrected chi connectivity index (χ1v) is 11.5. The maximum Gasteiger partial charge on any atom is 0.262 e. The fraction of sp³-hybridized carbons (Fsp3) is 0.333. The van der Waals surface area contributed by atoms with Crippen molar-refractivity contribution in [3.05, 3.63) is 53.6 Å². The average Bonchev–Trinajstić information content (AvgIpc) is 2.57. The van der Waals surface area contributed by atoms with Crippen molar-refractivity contribution in [2.24, 2.45) is 0 Å². The first kappa shape index (κ1) is 18.7. The van der Waals surface area contributed by atoms with Crippen LogP contribution in [0.15, 0.2) is 47.4 Å². The minimum Gasteiger partial charge on any atom is -0.280 e. The Kier molecular flexibility index (Phi) is 4.98. The second kappa shape index (κ2) is 6.92. The lowest BCUT2D eigenvalue weighted by atomic mass is 10.2. The van der Waals surface area contributed by atoms with Crippen molar-refractivity contribution < 1.29 is 16.8 Å². The zero-order chi connectivity index (χ0) is 18.9. The first-order valence-electron chi connectivity index (χ1n) is 8.40. The van der Waals surface area contributed by atoms with Crippen molar-refractivity contribution in [1.82, 2.24) is 0 Å². The summed E-state index contributed by atoms with van der Waals surface area (Å²) in [5.41, 5.74) is 2.48. The first-order chi connectivity index (χ1) is 12.2. The molecule has 8 heteroatoms. The lowest BCUT2D eigenvalue weighted by Crippen LogP contribution is -2.37. The number of aryl methyl sites for hydroxylation is 2. The van der Waals surface area contributed by atoms with Gasteiger partial charge in [0.1, 0.15) is 0 Å². The molecule has 0 unspecified atom stereocenters. The minimum atomic E-state index is -3.71. The van der Waals surface area contributed by atoms with Gasteiger partial charge in [-0.15, -0.1) is 0 Å². The van der Waals surface area contributed by atoms with Crippen LogP contribution < -0.4 is 9.03 Å². The lowest BCUT2D eigenvalue weighted by molar-refractivity contribution is 0.574. The molecule has 0 saturated carbocycles. The standard InChI is InChI=1S/C18H22N2O4S2/c1-14-5-6-15(2)18(13-14)26(23,24)19-16-7-9-17(10-8-16)20-11-3-4-12-25(20,21)22/h5-10,13,19H,3-4,11-12H2,1-2H3. The molecule has 1 saturated heterocycles. The molecule has 3 rings (SSSR count). The van der Waals surface area contributed by atoms with Crippen molar-refractivity contribution in [3.8, 4) is 0 Å². The van der Waals surface area contributed by atoms with E-state index in [1.54, 1.807) is 43.3 Å². The Labute approximate surface area is 155 Å². The number of nitrogens with one attached hydrogen (secondary N) is 1. The lowest BCUT2D eigenvalue weighted by Gasteiger charge is -2.28. The average molecular weight is 395 g/mol. The second-order valence-electron chi connectivity index (χ2n) is 6.52. The Balaban J connectivity index is 1.84. The molecule has 1 aliphatic heterocycles. The number of rotatable bonds is 4. The Hall–Kier alpha value is -2.06. The van der Waals surface area contributed by atoms with E-state index in [9.17, 15) is 16.8 Å². The predicted octanol–water partition coefficient (Wildman–Crippen LogP) is 3.03. The van der Waals surface area contributed by atoms with E-state index in [0.29, 0.717) is 29.9 Å². The van der Waals surface area contributed by atoms with E-state index in [2.05, 4.69) is 4.72 Å². The summed E-state index contributed by atoms with van der Waals surface area (Å²) in [5.74, 6) is 0.147. The van der Waals surface area contributed by atoms with Crippen molar-refractivity contribution in [3.63, 3.8) is 0 Å². The molecule has 2 aromatic rings. The highest BCUT2D eigenvalue weighted by Crippen LogP contribution is 2.26. The number of hydrogen-bond acceptors (Lipinski definition) is 4. The van der Waals surface area contributed by atoms with Gasteiger partial charge in [-0.1, -0.05) is 12.1 Å². The molecule has 2 aromatic carbocycles. The molecule has 1 fully saturated rings. The summed E-state index contributed by atoms with van der Waals surface area (Å²) in [6.45, 7) is 4.04. The van der Waals surface area contributed by atoms with E-state index >= 15 is 0 Å². The third-order valence-corrected chi connectivity index (χ3v) is 7.78. The highest BCUT2D eigenvalue weighted by Gasteiger charge is 2.26. The zero-order valence-corrected chi connectivity index (χ0v) is 16.4. The number of nitrogens with zero attached hydrogens (tertiary/aromatic N) is 1. The molecule has 0 atom stereocenters. The fourth-order valence-electron chi connectivity index (χ4n) is 2.98. The smallest absolute Gasteiger partial charge is 0.262 e. The Bertz CT molecular complexity index is 1010. The van der Waals surface area contributed by atoms with Gasteiger partial charge < -0.3 is 0 Å². The molecule has 1 heterocycles. The van der Waals surface area contributed by atoms with Crippen LogP contribution in [0.4, 0.5) is 11.4 Å². The van der Waals surface area contributed by atoms with E-state index < -0.39 is 20.0 Å². The largest absolute Gasteiger partial charge is 0.280 e. The van der Waals surface area contributed by atoms with Gasteiger partial charge in [-0.25, -0.2) is 16.8 Å². The van der Waals surface area contributed by atoms with Gasteiger partial charge in [0.05, 0.1) is 16.3 Å². The van der Waals surface area contributed by atoms with Gasteiger partial charge in [0.25, 0.3) is 10.0 Å². The maximum absolute atomic E-state index is 12.6. The van der Waals surface area contributed by atoms with E-state index in [-0.39, 0.29) is 10.6 Å². The van der Waals surface area contributed by atoms with Crippen molar-refractivity contribution in [2.75, 3.05) is 21.3 Å². The number of sulfonamides is 2. The van der Waals surface area contributed by atoms with Crippen LogP contribution in [0.5, 0.6) is 0 Å². The maximum atomic E-state index is 12.6. The molecule has 140 valence electrons. The number of hydrogen-bond donors (Lipinski definition) is 1. The summed E-state index contributed by atoms with van der Waals surface area (Å²) < 4.78 is 53.6. The number of benzene rings is 2. The van der Waals surface area contributed by atoms with Crippen LogP contribution in [0.25, 0.3) is 0 Å². The molecule has 0 spiro atoms. The van der Waals surface area contributed by atoms with Crippen LogP contribution >= 0.6 is 0 Å². The molecular weight excluding hydrogens is 372 g/mol. The van der Waals surface area contributed by atoms with Crippen molar-refractivity contribution in [2.45, 2.75) is 31.6 Å². The minimum absolute atomic E-state index is 0.147. The van der Waals surface area contributed by atoms with Crippen molar-refractivity contribution in [1.29, 1.82) is 0 Å². The Morgan fingerprint density at radius 2 is 1.69 bits per heavy atom. The van der Waals surface area contributed by atoms with Crippen LogP contribution in [0.2, 0.25) is 0 Å². The molecule has 0 radical (unpaired) electrons. The van der Waals surface area contributed by atoms with Gasteiger partial charge >= 0.3 is 0 Å². The van der Waals surface area contributed by atoms with Gasteiger partial charge in [-0.3, -0.25) is 9.03 Å². The SMILES string of the molecule is Cc1ccc(C)c(S(=O)(=O)Nc2ccc(N3CCCCS3(=O)=O)cc2)c1. The van der Waals surface area contributed by atoms with Gasteiger partial charge in [0.2, 0.25) is 10.0 Å². The molecule has 26 heavy (non-hydrogen) atoms. The third-order valence-electron chi connectivity index (χ3n) is 4.39. The predicted molar refractivity (Wildman–Crippen MR) is 104 cm³/mol. The molecule has 1 N–H and O–H groups in total. The molecule has 1 aliphatic rings. The van der Waals surface area contributed by atoms with E-state index in [1.165, 1.54) is 4.31 Å². The quantitative estimate of drug-likeness (QED) is 0.864. The summed E-state index contributed by atoms with van der Waals surface area (Å²) >= 11 is 0. The van der Waals surface area contributed by atoms with E-state index in [1.807, 2.05) is 13.0 Å². The van der Waals surface area contributed by atoms with E-state index in [4.69, 9.17) is 0 Å². The van der Waals surface area contributed by atoms with E-state index in [0.717, 1.165) is 12.0 Å². The van der Waals surface area contributed by atoms with Gasteiger partial charge in [0, 0.05) is 12.2 Å². The number of anilines is 2. The molecule has 0 aliphatic carbocycles. The summed E-state index contributed by atoms with van der Waals surface area (Å²) in [7, 11) is -6.99. The van der Waals surface area contributed by atoms with Crippen LogP contribution in [-0.2, 0) is 20.0 Å². The Morgan fingerprint density at radius 3 is 2.35 bits per heavy atom. The Morgan fingerprint density at radius 1 is 1.00 bits per heavy atom. The fourth-order valence-corrected chi connectivity index (χ4v) is 6.01. The molecule has 0 aromatic heterocycles. The van der Waals surface area contributed by atoms with Crippen LogP contribution in [0, 0.1) is 13.8 Å². The summed E-state index contributed by atoms with van der Waals surface area (Å²) in [5, 5.41) is 0. The van der Waals surface area contributed by atoms with Gasteiger partial charge in [0.15, 0.2) is 0 Å². The van der Waals surface area contributed by atoms with Gasteiger partial charge in [-0.05, 0) is 68.1 Å².